The van der Waals surface area contributed by atoms with Gasteiger partial charge in [-0.3, -0.25) is 0 Å². The molecule has 0 aliphatic carbocycles. The fraction of sp³-hybridized carbons (Fsp3) is 1.00. The number of hydrogen-bond acceptors (Lipinski definition) is 7. The fourth-order valence-corrected chi connectivity index (χ4v) is 1.30. The molecule has 0 fully saturated rings. The first kappa shape index (κ1) is 19.7. The Morgan fingerprint density at radius 2 is 1.35 bits per heavy atom. The second kappa shape index (κ2) is 16.8. The minimum Gasteiger partial charge on any atom is -0.389 e. The van der Waals surface area contributed by atoms with Crippen molar-refractivity contribution in [3.63, 3.8) is 0 Å². The van der Waals surface area contributed by atoms with Crippen molar-refractivity contribution in [1.82, 2.24) is 5.32 Å². The topological polar surface area (TPSA) is 78.4 Å². The Kier molecular flexibility index (Phi) is 16.5. The highest BCUT2D eigenvalue weighted by Gasteiger charge is 2.03. The van der Waals surface area contributed by atoms with Crippen molar-refractivity contribution in [1.29, 1.82) is 0 Å². The molecule has 0 aromatic rings. The Labute approximate surface area is 121 Å². The summed E-state index contributed by atoms with van der Waals surface area (Å²) in [6, 6.07) is 0. The molecule has 2 N–H and O–H groups in total. The van der Waals surface area contributed by atoms with Crippen LogP contribution in [-0.2, 0) is 23.7 Å². The summed E-state index contributed by atoms with van der Waals surface area (Å²) in [5.41, 5.74) is 0. The van der Waals surface area contributed by atoms with Gasteiger partial charge in [-0.1, -0.05) is 0 Å². The summed E-state index contributed by atoms with van der Waals surface area (Å²) >= 11 is 0. The molecule has 0 saturated carbocycles. The fourth-order valence-electron chi connectivity index (χ4n) is 1.30. The van der Waals surface area contributed by atoms with Gasteiger partial charge in [0.2, 0.25) is 0 Å². The SMILES string of the molecule is COCCNCC(O)COCCOCCOCCOC. The molecule has 0 rings (SSSR count). The zero-order chi connectivity index (χ0) is 14.9. The lowest BCUT2D eigenvalue weighted by Gasteiger charge is -2.12. The molecule has 20 heavy (non-hydrogen) atoms. The highest BCUT2D eigenvalue weighted by atomic mass is 16.6. The standard InChI is InChI=1S/C13H29NO6/c1-16-4-3-14-11-13(15)12-20-10-9-19-8-7-18-6-5-17-2/h13-15H,3-12H2,1-2H3. The highest BCUT2D eigenvalue weighted by molar-refractivity contribution is 4.57. The largest absolute Gasteiger partial charge is 0.389 e. The molecule has 7 heteroatoms. The van der Waals surface area contributed by atoms with Gasteiger partial charge >= 0.3 is 0 Å². The van der Waals surface area contributed by atoms with Gasteiger partial charge < -0.3 is 34.1 Å². The molecule has 0 amide bonds. The third-order valence-corrected chi connectivity index (χ3v) is 2.35. The van der Waals surface area contributed by atoms with Crippen molar-refractivity contribution in [3.8, 4) is 0 Å². The van der Waals surface area contributed by atoms with E-state index >= 15 is 0 Å². The van der Waals surface area contributed by atoms with E-state index in [1.165, 1.54) is 0 Å². The monoisotopic (exact) mass is 295 g/mol. The maximum Gasteiger partial charge on any atom is 0.0897 e. The van der Waals surface area contributed by atoms with Gasteiger partial charge in [-0.15, -0.1) is 0 Å². The van der Waals surface area contributed by atoms with Gasteiger partial charge in [0.25, 0.3) is 0 Å². The van der Waals surface area contributed by atoms with Crippen LogP contribution in [0.25, 0.3) is 0 Å². The molecule has 0 aliphatic rings. The molecule has 7 nitrogen and oxygen atoms in total. The van der Waals surface area contributed by atoms with Crippen molar-refractivity contribution in [3.05, 3.63) is 0 Å². The first-order valence-electron chi connectivity index (χ1n) is 6.91. The molecule has 0 heterocycles. The molecular weight excluding hydrogens is 266 g/mol. The molecular formula is C13H29NO6. The number of aliphatic hydroxyl groups excluding tert-OH is 1. The van der Waals surface area contributed by atoms with Crippen LogP contribution < -0.4 is 5.32 Å². The minimum absolute atomic E-state index is 0.299. The first-order valence-corrected chi connectivity index (χ1v) is 6.91. The lowest BCUT2D eigenvalue weighted by atomic mass is 10.4. The van der Waals surface area contributed by atoms with E-state index in [1.807, 2.05) is 0 Å². The quantitative estimate of drug-likeness (QED) is 0.364. The number of rotatable bonds is 16. The average molecular weight is 295 g/mol. The van der Waals surface area contributed by atoms with E-state index in [0.717, 1.165) is 6.54 Å². The third-order valence-electron chi connectivity index (χ3n) is 2.35. The predicted octanol–water partition coefficient (Wildman–Crippen LogP) is -0.720. The zero-order valence-corrected chi connectivity index (χ0v) is 12.6. The van der Waals surface area contributed by atoms with E-state index in [0.29, 0.717) is 59.4 Å². The number of aliphatic hydroxyl groups is 1. The molecule has 0 spiro atoms. The summed E-state index contributed by atoms with van der Waals surface area (Å²) in [4.78, 5) is 0. The second-order valence-electron chi connectivity index (χ2n) is 4.14. The highest BCUT2D eigenvalue weighted by Crippen LogP contribution is 1.86. The number of methoxy groups -OCH3 is 2. The van der Waals surface area contributed by atoms with Gasteiger partial charge in [-0.05, 0) is 0 Å². The second-order valence-corrected chi connectivity index (χ2v) is 4.14. The summed E-state index contributed by atoms with van der Waals surface area (Å²) in [7, 11) is 3.28. The van der Waals surface area contributed by atoms with Gasteiger partial charge in [0.15, 0.2) is 0 Å². The van der Waals surface area contributed by atoms with E-state index in [1.54, 1.807) is 14.2 Å². The van der Waals surface area contributed by atoms with Crippen LogP contribution in [0, 0.1) is 0 Å². The Balaban J connectivity index is 3.07. The molecule has 0 radical (unpaired) electrons. The van der Waals surface area contributed by atoms with Crippen molar-refractivity contribution < 1.29 is 28.8 Å². The maximum absolute atomic E-state index is 9.57. The van der Waals surface area contributed by atoms with Crippen LogP contribution in [0.4, 0.5) is 0 Å². The smallest absolute Gasteiger partial charge is 0.0897 e. The molecule has 0 bridgehead atoms. The van der Waals surface area contributed by atoms with Gasteiger partial charge in [-0.25, -0.2) is 0 Å². The van der Waals surface area contributed by atoms with Crippen molar-refractivity contribution in [2.24, 2.45) is 0 Å². The zero-order valence-electron chi connectivity index (χ0n) is 12.6. The molecule has 1 atom stereocenters. The lowest BCUT2D eigenvalue weighted by molar-refractivity contribution is -0.0141. The lowest BCUT2D eigenvalue weighted by Crippen LogP contribution is -2.32. The summed E-state index contributed by atoms with van der Waals surface area (Å²) in [6.07, 6.45) is -0.510. The van der Waals surface area contributed by atoms with Crippen LogP contribution in [0.2, 0.25) is 0 Å². The summed E-state index contributed by atoms with van der Waals surface area (Å²) in [5.74, 6) is 0. The maximum atomic E-state index is 9.57. The molecule has 122 valence electrons. The van der Waals surface area contributed by atoms with Crippen molar-refractivity contribution in [2.75, 3.05) is 80.2 Å². The third kappa shape index (κ3) is 15.8. The molecule has 0 aliphatic heterocycles. The van der Waals surface area contributed by atoms with Crippen LogP contribution in [0.5, 0.6) is 0 Å². The number of ether oxygens (including phenoxy) is 5. The molecule has 1 unspecified atom stereocenters. The van der Waals surface area contributed by atoms with Crippen LogP contribution in [0.1, 0.15) is 0 Å². The summed E-state index contributed by atoms with van der Waals surface area (Å²) in [5, 5.41) is 12.6. The number of nitrogens with one attached hydrogen (secondary N) is 1. The average Bonchev–Trinajstić information content (AvgIpc) is 2.45. The molecule has 0 saturated heterocycles. The Morgan fingerprint density at radius 1 is 0.800 bits per heavy atom. The molecule has 0 aromatic heterocycles. The van der Waals surface area contributed by atoms with Crippen LogP contribution in [0.15, 0.2) is 0 Å². The normalized spacial score (nSPS) is 12.8. The van der Waals surface area contributed by atoms with E-state index < -0.39 is 6.10 Å². The van der Waals surface area contributed by atoms with E-state index in [-0.39, 0.29) is 0 Å². The Bertz CT molecular complexity index is 184. The van der Waals surface area contributed by atoms with Crippen LogP contribution >= 0.6 is 0 Å². The van der Waals surface area contributed by atoms with Gasteiger partial charge in [-0.2, -0.15) is 0 Å². The van der Waals surface area contributed by atoms with Gasteiger partial charge in [0.05, 0.1) is 59.0 Å². The van der Waals surface area contributed by atoms with Crippen molar-refractivity contribution in [2.45, 2.75) is 6.10 Å². The molecule has 0 aromatic carbocycles. The Morgan fingerprint density at radius 3 is 1.95 bits per heavy atom. The van der Waals surface area contributed by atoms with E-state index in [9.17, 15) is 5.11 Å². The van der Waals surface area contributed by atoms with Crippen LogP contribution in [0.3, 0.4) is 0 Å². The van der Waals surface area contributed by atoms with E-state index in [2.05, 4.69) is 5.32 Å². The van der Waals surface area contributed by atoms with Gasteiger partial charge in [0, 0.05) is 27.3 Å². The summed E-state index contributed by atoms with van der Waals surface area (Å²) < 4.78 is 25.6. The van der Waals surface area contributed by atoms with Crippen molar-refractivity contribution >= 4 is 0 Å². The van der Waals surface area contributed by atoms with Crippen LogP contribution in [-0.4, -0.2) is 91.4 Å². The predicted molar refractivity (Wildman–Crippen MR) is 75.1 cm³/mol. The first-order chi connectivity index (χ1) is 9.81. The van der Waals surface area contributed by atoms with E-state index in [4.69, 9.17) is 23.7 Å². The summed E-state index contributed by atoms with van der Waals surface area (Å²) in [6.45, 7) is 5.38. The van der Waals surface area contributed by atoms with Gasteiger partial charge in [0.1, 0.15) is 0 Å². The minimum atomic E-state index is -0.510. The number of hydrogen-bond donors (Lipinski definition) is 2. The Hall–Kier alpha value is -0.280.